The lowest BCUT2D eigenvalue weighted by atomic mass is 10.3. The number of nitrogens with zero attached hydrogens (tertiary/aromatic N) is 6. The Morgan fingerprint density at radius 3 is 0.576 bits per heavy atom. The monoisotopic (exact) mass is 961 g/mol. The predicted molar refractivity (Wildman–Crippen MR) is 272 cm³/mol. The number of hydrogen-bond donors (Lipinski definition) is 0. The molecule has 0 radical (unpaired) electrons. The first-order valence-electron chi connectivity index (χ1n) is 22.3. The summed E-state index contributed by atoms with van der Waals surface area (Å²) in [4.78, 5) is 0. The predicted octanol–water partition coefficient (Wildman–Crippen LogP) is 10.5. The third-order valence-corrected chi connectivity index (χ3v) is 22.4. The van der Waals surface area contributed by atoms with E-state index in [1.807, 2.05) is 96.9 Å². The first kappa shape index (κ1) is 65.3. The van der Waals surface area contributed by atoms with Crippen LogP contribution in [-0.2, 0) is 58.4 Å². The van der Waals surface area contributed by atoms with Crippen molar-refractivity contribution in [3.05, 3.63) is 0 Å². The summed E-state index contributed by atoms with van der Waals surface area (Å²) in [6.07, 6.45) is 16.6. The van der Waals surface area contributed by atoms with E-state index in [0.717, 1.165) is 132 Å². The fourth-order valence-corrected chi connectivity index (χ4v) is 14.7. The van der Waals surface area contributed by atoms with Crippen LogP contribution in [0.2, 0.25) is 0 Å². The molecule has 0 N–H and O–H groups in total. The highest BCUT2D eigenvalue weighted by atomic mass is 32.2. The zero-order valence-electron chi connectivity index (χ0n) is 41.4. The Balaban J connectivity index is -0.000000299. The summed E-state index contributed by atoms with van der Waals surface area (Å²) >= 11 is 0. The Kier molecular flexibility index (Phi) is 36.8. The molecule has 0 saturated heterocycles. The van der Waals surface area contributed by atoms with Gasteiger partial charge in [0.05, 0.1) is 19.5 Å². The molecule has 6 aliphatic heterocycles. The van der Waals surface area contributed by atoms with Crippen LogP contribution in [-0.4, -0.2) is 134 Å². The van der Waals surface area contributed by atoms with Crippen LogP contribution in [0.5, 0.6) is 0 Å². The molecule has 362 valence electrons. The molecule has 6 heterocycles. The molecule has 0 fully saturated rings. The van der Waals surface area contributed by atoms with Gasteiger partial charge in [0.2, 0.25) is 0 Å². The van der Waals surface area contributed by atoms with E-state index in [4.69, 9.17) is 0 Å². The molecular formula is C41H96N6O6S6. The molecule has 0 aromatic rings. The van der Waals surface area contributed by atoms with E-state index in [9.17, 15) is 25.3 Å². The second-order valence-corrected chi connectivity index (χ2v) is 32.6. The topological polar surface area (TPSA) is 177 Å². The zero-order chi connectivity index (χ0) is 47.1. The molecule has 18 heteroatoms. The lowest BCUT2D eigenvalue weighted by molar-refractivity contribution is 0.621. The largest absolute Gasteiger partial charge is 0.250 e. The van der Waals surface area contributed by atoms with Gasteiger partial charge in [-0.2, -0.15) is 0 Å². The van der Waals surface area contributed by atoms with Crippen LogP contribution < -0.4 is 0 Å². The fourth-order valence-electron chi connectivity index (χ4n) is 5.14. The second kappa shape index (κ2) is 33.2. The average Bonchev–Trinajstić information content (AvgIpc) is 3.93. The molecule has 0 aromatic heterocycles. The van der Waals surface area contributed by atoms with Crippen LogP contribution >= 0.6 is 0 Å². The minimum atomic E-state index is -1.88. The lowest BCUT2D eigenvalue weighted by Crippen LogP contribution is -2.32. The van der Waals surface area contributed by atoms with Gasteiger partial charge in [0.25, 0.3) is 0 Å². The summed E-state index contributed by atoms with van der Waals surface area (Å²) in [7, 11) is -10.5. The van der Waals surface area contributed by atoms with Gasteiger partial charge < -0.3 is 0 Å². The van der Waals surface area contributed by atoms with Crippen molar-refractivity contribution in [2.24, 2.45) is 26.2 Å². The van der Waals surface area contributed by atoms with Crippen LogP contribution in [0.25, 0.3) is 0 Å². The molecule has 0 aromatic carbocycles. The third-order valence-electron chi connectivity index (χ3n) is 8.60. The highest BCUT2D eigenvalue weighted by Gasteiger charge is 2.29. The first-order chi connectivity index (χ1) is 27.2. The van der Waals surface area contributed by atoms with Crippen molar-refractivity contribution in [2.75, 3.05) is 98.8 Å². The lowest BCUT2D eigenvalue weighted by Gasteiger charge is -2.26. The average molecular weight is 962 g/mol. The quantitative estimate of drug-likeness (QED) is 0.233. The summed E-state index contributed by atoms with van der Waals surface area (Å²) < 4.78 is 91.6. The molecule has 6 atom stereocenters. The van der Waals surface area contributed by atoms with Gasteiger partial charge in [-0.15, -0.1) is 0 Å². The van der Waals surface area contributed by atoms with Gasteiger partial charge in [-0.3, -0.25) is 16.8 Å². The van der Waals surface area contributed by atoms with Gasteiger partial charge in [-0.1, -0.05) is 55.4 Å². The first-order valence-corrected chi connectivity index (χ1v) is 34.0. The molecule has 6 aliphatic rings. The van der Waals surface area contributed by atoms with Crippen molar-refractivity contribution in [3.8, 4) is 0 Å². The Hall–Kier alpha value is -0.300. The SMILES string of the molecule is CC.CC.CC.CC.CC(C)(C)S1(=O)=NCCC1.CC(C)(C)S1(=O)=NCCCC1.C[S@@]1(=O)=NCCC1.C[S@@]1(=O)=NCCC1.C[S@@]1(=O)=NCCCC1.C[S@]1(=O)=NCCCC1. The Morgan fingerprint density at radius 1 is 0.288 bits per heavy atom. The zero-order valence-corrected chi connectivity index (χ0v) is 46.3. The van der Waals surface area contributed by atoms with E-state index >= 15 is 0 Å². The summed E-state index contributed by atoms with van der Waals surface area (Å²) in [5, 5.41) is 0. The normalized spacial score (nSPS) is 32.4. The van der Waals surface area contributed by atoms with Gasteiger partial charge in [0.1, 0.15) is 0 Å². The molecule has 0 amide bonds. The molecular weight excluding hydrogens is 865 g/mol. The third kappa shape index (κ3) is 32.1. The van der Waals surface area contributed by atoms with Crippen molar-refractivity contribution in [3.63, 3.8) is 0 Å². The molecule has 0 bridgehead atoms. The molecule has 6 rings (SSSR count). The van der Waals surface area contributed by atoms with Crippen molar-refractivity contribution < 1.29 is 25.3 Å². The van der Waals surface area contributed by atoms with Gasteiger partial charge in [0, 0.05) is 147 Å². The van der Waals surface area contributed by atoms with Crippen LogP contribution in [0.3, 0.4) is 0 Å². The van der Waals surface area contributed by atoms with Gasteiger partial charge in [-0.05, 0) is 99.3 Å². The molecule has 0 aliphatic carbocycles. The summed E-state index contributed by atoms with van der Waals surface area (Å²) in [6.45, 7) is 32.9. The summed E-state index contributed by atoms with van der Waals surface area (Å²) in [6, 6.07) is 0. The van der Waals surface area contributed by atoms with E-state index in [0.29, 0.717) is 0 Å². The van der Waals surface area contributed by atoms with E-state index < -0.39 is 58.4 Å². The van der Waals surface area contributed by atoms with E-state index in [1.54, 1.807) is 25.0 Å². The maximum absolute atomic E-state index is 12.1. The highest BCUT2D eigenvalue weighted by Crippen LogP contribution is 2.24. The molecule has 59 heavy (non-hydrogen) atoms. The van der Waals surface area contributed by atoms with Gasteiger partial charge >= 0.3 is 0 Å². The second-order valence-electron chi connectivity index (χ2n) is 15.9. The standard InChI is InChI=1S/C8H17NOS.C7H15NOS.2C5H11NOS.2C4H9NOS.4C2H6/c1-8(2,3)11(10)7-5-4-6-9-11;1-7(2,3)10(9)6-4-5-8-10;2*1-8(7)5-3-2-4-6-8;2*1-7(6)4-2-3-5-7;4*1-2/h4-7H2,1-3H3;4-6H2,1-3H3;2*2-5H2,1H3;2*2-4H2,1H3;4*1-2H3/t;;2*8-;2*7-;;;;/m..1000..../s1. The minimum absolute atomic E-state index is 0.122. The van der Waals surface area contributed by atoms with Crippen molar-refractivity contribution >= 4 is 58.4 Å². The summed E-state index contributed by atoms with van der Waals surface area (Å²) in [5.41, 5.74) is 0. The Morgan fingerprint density at radius 2 is 0.475 bits per heavy atom. The number of rotatable bonds is 0. The van der Waals surface area contributed by atoms with Crippen molar-refractivity contribution in [2.45, 2.75) is 164 Å². The van der Waals surface area contributed by atoms with Crippen LogP contribution in [0.4, 0.5) is 0 Å². The molecule has 12 nitrogen and oxygen atoms in total. The molecule has 0 saturated carbocycles. The maximum Gasteiger partial charge on any atom is 0.0518 e. The van der Waals surface area contributed by atoms with Crippen LogP contribution in [0, 0.1) is 0 Å². The van der Waals surface area contributed by atoms with Crippen LogP contribution in [0.1, 0.15) is 155 Å². The maximum atomic E-state index is 12.1. The van der Waals surface area contributed by atoms with E-state index in [1.165, 1.54) is 0 Å². The van der Waals surface area contributed by atoms with E-state index in [-0.39, 0.29) is 9.49 Å². The molecule has 0 spiro atoms. The van der Waals surface area contributed by atoms with E-state index in [2.05, 4.69) is 26.2 Å². The molecule has 2 unspecified atom stereocenters. The van der Waals surface area contributed by atoms with Crippen molar-refractivity contribution in [1.82, 2.24) is 0 Å². The Bertz CT molecular complexity index is 1780. The number of hydrogen-bond acceptors (Lipinski definition) is 12. The van der Waals surface area contributed by atoms with Gasteiger partial charge in [0.15, 0.2) is 0 Å². The Labute approximate surface area is 370 Å². The smallest absolute Gasteiger partial charge is 0.0518 e. The summed E-state index contributed by atoms with van der Waals surface area (Å²) in [5.74, 6) is 4.85. The fraction of sp³-hybridized carbons (Fsp3) is 1.00. The van der Waals surface area contributed by atoms with Crippen molar-refractivity contribution in [1.29, 1.82) is 0 Å². The van der Waals surface area contributed by atoms with Crippen LogP contribution in [0.15, 0.2) is 26.2 Å². The van der Waals surface area contributed by atoms with Gasteiger partial charge in [-0.25, -0.2) is 34.6 Å². The minimum Gasteiger partial charge on any atom is -0.250 e. The highest BCUT2D eigenvalue weighted by molar-refractivity contribution is 7.95.